The smallest absolute Gasteiger partial charge is 0.360 e. The maximum atomic E-state index is 10.0. The van der Waals surface area contributed by atoms with E-state index in [9.17, 15) is 4.79 Å². The number of nitrogens with zero attached hydrogens (tertiary/aromatic N) is 1. The van der Waals surface area contributed by atoms with E-state index in [1.165, 1.54) is 7.05 Å². The summed E-state index contributed by atoms with van der Waals surface area (Å²) in [7, 11) is 1.46. The third kappa shape index (κ3) is 1.97. The minimum absolute atomic E-state index is 0.144. The lowest BCUT2D eigenvalue weighted by Crippen LogP contribution is -2.07. The molecule has 1 N–H and O–H groups in total. The number of aliphatic imine (C=N–C) groups is 1. The first-order valence-corrected chi connectivity index (χ1v) is 3.19. The normalized spacial score (nSPS) is 11.5. The zero-order valence-electron chi connectivity index (χ0n) is 4.71. The summed E-state index contributed by atoms with van der Waals surface area (Å²) >= 11 is 1.13. The molecule has 8 heavy (non-hydrogen) atoms. The van der Waals surface area contributed by atoms with Crippen LogP contribution in [0.15, 0.2) is 4.99 Å². The van der Waals surface area contributed by atoms with Gasteiger partial charge >= 0.3 is 5.97 Å². The van der Waals surface area contributed by atoms with E-state index in [0.29, 0.717) is 0 Å². The highest BCUT2D eigenvalue weighted by atomic mass is 32.2. The van der Waals surface area contributed by atoms with Gasteiger partial charge in [0.05, 0.1) is 0 Å². The second-order valence-electron chi connectivity index (χ2n) is 1.04. The highest BCUT2D eigenvalue weighted by Crippen LogP contribution is 1.95. The van der Waals surface area contributed by atoms with Crippen LogP contribution in [0.2, 0.25) is 0 Å². The van der Waals surface area contributed by atoms with Crippen molar-refractivity contribution < 1.29 is 9.90 Å². The molecule has 0 radical (unpaired) electrons. The predicted octanol–water partition coefficient (Wildman–Crippen LogP) is 0.462. The summed E-state index contributed by atoms with van der Waals surface area (Å²) in [5.74, 6) is -0.958. The SMILES string of the molecule is C/N=C(\SC)C(=O)O. The maximum Gasteiger partial charge on any atom is 0.360 e. The van der Waals surface area contributed by atoms with E-state index in [2.05, 4.69) is 4.99 Å². The lowest BCUT2D eigenvalue weighted by molar-refractivity contribution is -0.129. The number of hydrogen-bond donors (Lipinski definition) is 1. The van der Waals surface area contributed by atoms with Crippen LogP contribution in [0.5, 0.6) is 0 Å². The van der Waals surface area contributed by atoms with E-state index in [-0.39, 0.29) is 5.04 Å². The fourth-order valence-corrected chi connectivity index (χ4v) is 0.631. The van der Waals surface area contributed by atoms with E-state index >= 15 is 0 Å². The zero-order valence-corrected chi connectivity index (χ0v) is 5.53. The van der Waals surface area contributed by atoms with Crippen LogP contribution in [-0.2, 0) is 4.79 Å². The largest absolute Gasteiger partial charge is 0.476 e. The summed E-state index contributed by atoms with van der Waals surface area (Å²) in [6, 6.07) is 0. The third-order valence-electron chi connectivity index (χ3n) is 0.579. The summed E-state index contributed by atoms with van der Waals surface area (Å²) in [6.07, 6.45) is 1.68. The van der Waals surface area contributed by atoms with Crippen molar-refractivity contribution in [3.8, 4) is 0 Å². The van der Waals surface area contributed by atoms with Crippen LogP contribution in [0, 0.1) is 0 Å². The molecule has 0 atom stereocenters. The Bertz CT molecular complexity index is 121. The molecule has 0 aliphatic rings. The van der Waals surface area contributed by atoms with Gasteiger partial charge in [0, 0.05) is 7.05 Å². The molecule has 0 aliphatic carbocycles. The Morgan fingerprint density at radius 1 is 1.75 bits per heavy atom. The van der Waals surface area contributed by atoms with E-state index in [1.807, 2.05) is 0 Å². The van der Waals surface area contributed by atoms with Crippen LogP contribution in [0.25, 0.3) is 0 Å². The number of hydrogen-bond acceptors (Lipinski definition) is 3. The topological polar surface area (TPSA) is 49.7 Å². The van der Waals surface area contributed by atoms with E-state index in [4.69, 9.17) is 5.11 Å². The van der Waals surface area contributed by atoms with Gasteiger partial charge in [0.15, 0.2) is 5.04 Å². The van der Waals surface area contributed by atoms with Crippen LogP contribution in [-0.4, -0.2) is 29.4 Å². The van der Waals surface area contributed by atoms with E-state index in [0.717, 1.165) is 11.8 Å². The monoisotopic (exact) mass is 133 g/mol. The first-order valence-electron chi connectivity index (χ1n) is 1.96. The highest BCUT2D eigenvalue weighted by Gasteiger charge is 2.03. The molecule has 0 saturated carbocycles. The second kappa shape index (κ2) is 3.49. The van der Waals surface area contributed by atoms with Crippen molar-refractivity contribution in [2.45, 2.75) is 0 Å². The van der Waals surface area contributed by atoms with E-state index < -0.39 is 5.97 Å². The van der Waals surface area contributed by atoms with Crippen molar-refractivity contribution >= 4 is 22.8 Å². The van der Waals surface area contributed by atoms with Crippen LogP contribution in [0.1, 0.15) is 0 Å². The zero-order chi connectivity index (χ0) is 6.57. The Hall–Kier alpha value is -0.510. The van der Waals surface area contributed by atoms with Gasteiger partial charge in [-0.15, -0.1) is 11.8 Å². The Balaban J connectivity index is 3.92. The minimum Gasteiger partial charge on any atom is -0.476 e. The molecule has 0 amide bonds. The molecule has 0 heterocycles. The average molecular weight is 133 g/mol. The molecule has 0 saturated heterocycles. The van der Waals surface area contributed by atoms with Crippen LogP contribution < -0.4 is 0 Å². The molecule has 3 nitrogen and oxygen atoms in total. The standard InChI is InChI=1S/C4H7NO2S/c1-5-3(8-2)4(6)7/h1-2H3,(H,6,7)/b5-3-. The molecular weight excluding hydrogens is 126 g/mol. The number of carbonyl (C=O) groups is 1. The minimum atomic E-state index is -0.958. The molecule has 0 unspecified atom stereocenters. The molecule has 0 rings (SSSR count). The fraction of sp³-hybridized carbons (Fsp3) is 0.500. The van der Waals surface area contributed by atoms with Crippen LogP contribution in [0.4, 0.5) is 0 Å². The van der Waals surface area contributed by atoms with Gasteiger partial charge in [0.25, 0.3) is 0 Å². The van der Waals surface area contributed by atoms with Crippen LogP contribution >= 0.6 is 11.8 Å². The van der Waals surface area contributed by atoms with Crippen LogP contribution in [0.3, 0.4) is 0 Å². The molecule has 0 fully saturated rings. The van der Waals surface area contributed by atoms with Gasteiger partial charge in [-0.3, -0.25) is 4.99 Å². The Labute approximate surface area is 51.8 Å². The molecule has 0 aliphatic heterocycles. The molecule has 0 bridgehead atoms. The molecular formula is C4H7NO2S. The number of carboxylic acids is 1. The van der Waals surface area contributed by atoms with Gasteiger partial charge in [-0.1, -0.05) is 0 Å². The lowest BCUT2D eigenvalue weighted by atomic mass is 10.7. The highest BCUT2D eigenvalue weighted by molar-refractivity contribution is 8.15. The van der Waals surface area contributed by atoms with Crippen molar-refractivity contribution in [3.05, 3.63) is 0 Å². The number of carboxylic acid groups (broad SMARTS) is 1. The molecule has 4 heteroatoms. The van der Waals surface area contributed by atoms with Gasteiger partial charge < -0.3 is 5.11 Å². The molecule has 0 aromatic carbocycles. The Morgan fingerprint density at radius 3 is 2.25 bits per heavy atom. The summed E-state index contributed by atoms with van der Waals surface area (Å²) in [4.78, 5) is 13.5. The first-order chi connectivity index (χ1) is 3.72. The summed E-state index contributed by atoms with van der Waals surface area (Å²) in [5, 5.41) is 8.37. The van der Waals surface area contributed by atoms with E-state index in [1.54, 1.807) is 6.26 Å². The number of aliphatic carboxylic acids is 1. The predicted molar refractivity (Wildman–Crippen MR) is 34.5 cm³/mol. The number of thioether (sulfide) groups is 1. The quantitative estimate of drug-likeness (QED) is 0.386. The van der Waals surface area contributed by atoms with Gasteiger partial charge in [0.1, 0.15) is 0 Å². The summed E-state index contributed by atoms with van der Waals surface area (Å²) in [6.45, 7) is 0. The van der Waals surface area contributed by atoms with Gasteiger partial charge in [0.2, 0.25) is 0 Å². The number of rotatable bonds is 0. The fourth-order valence-electron chi connectivity index (χ4n) is 0.274. The molecule has 46 valence electrons. The summed E-state index contributed by atoms with van der Waals surface area (Å²) < 4.78 is 0. The first kappa shape index (κ1) is 7.49. The Kier molecular flexibility index (Phi) is 3.26. The van der Waals surface area contributed by atoms with Crippen molar-refractivity contribution in [2.75, 3.05) is 13.3 Å². The second-order valence-corrected chi connectivity index (χ2v) is 1.83. The van der Waals surface area contributed by atoms with Gasteiger partial charge in [-0.05, 0) is 6.26 Å². The lowest BCUT2D eigenvalue weighted by Gasteiger charge is -1.89. The maximum absolute atomic E-state index is 10.0. The average Bonchev–Trinajstić information content (AvgIpc) is 1.69. The summed E-state index contributed by atoms with van der Waals surface area (Å²) in [5.41, 5.74) is 0. The Morgan fingerprint density at radius 2 is 2.25 bits per heavy atom. The third-order valence-corrected chi connectivity index (χ3v) is 1.32. The van der Waals surface area contributed by atoms with Crippen molar-refractivity contribution in [2.24, 2.45) is 4.99 Å². The van der Waals surface area contributed by atoms with Crippen molar-refractivity contribution in [1.82, 2.24) is 0 Å². The van der Waals surface area contributed by atoms with Crippen molar-refractivity contribution in [3.63, 3.8) is 0 Å². The molecule has 0 aromatic heterocycles. The van der Waals surface area contributed by atoms with Gasteiger partial charge in [-0.2, -0.15) is 0 Å². The van der Waals surface area contributed by atoms with Gasteiger partial charge in [-0.25, -0.2) is 4.79 Å². The molecule has 0 spiro atoms. The molecule has 0 aromatic rings. The van der Waals surface area contributed by atoms with Crippen molar-refractivity contribution in [1.29, 1.82) is 0 Å².